The molecule has 0 aliphatic rings. The number of benzene rings is 1. The molecule has 1 aromatic heterocycles. The number of aryl methyl sites for hydroxylation is 1. The lowest BCUT2D eigenvalue weighted by molar-refractivity contribution is 0.102. The number of allylic oxidation sites excluding steroid dienone is 1. The monoisotopic (exact) mass is 320 g/mol. The molecule has 0 atom stereocenters. The van der Waals surface area contributed by atoms with Crippen LogP contribution in [-0.4, -0.2) is 10.9 Å². The van der Waals surface area contributed by atoms with Crippen LogP contribution in [0.2, 0.25) is 0 Å². The molecule has 0 unspecified atom stereocenters. The number of para-hydroxylation sites is 1. The fraction of sp³-hybridized carbons (Fsp3) is 0.333. The van der Waals surface area contributed by atoms with Crippen molar-refractivity contribution < 1.29 is 4.79 Å². The number of nitrogens with zero attached hydrogens (tertiary/aromatic N) is 1. The second-order valence-electron chi connectivity index (χ2n) is 3.48. The highest BCUT2D eigenvalue weighted by atomic mass is 32.1. The molecule has 0 spiro atoms. The molecule has 2 rings (SSSR count). The minimum Gasteiger partial charge on any atom is -0.321 e. The molecule has 3 nitrogen and oxygen atoms in total. The summed E-state index contributed by atoms with van der Waals surface area (Å²) in [5, 5.41) is 5.43. The Hall–Kier alpha value is -1.94. The summed E-state index contributed by atoms with van der Waals surface area (Å²) in [6.45, 7) is 15.1. The third kappa shape index (κ3) is 9.88. The zero-order valence-corrected chi connectivity index (χ0v) is 15.3. The van der Waals surface area contributed by atoms with Gasteiger partial charge in [0.25, 0.3) is 5.91 Å². The molecule has 0 aliphatic heterocycles. The van der Waals surface area contributed by atoms with E-state index in [0.717, 1.165) is 10.7 Å². The molecular formula is C18H28N2OS. The van der Waals surface area contributed by atoms with E-state index < -0.39 is 0 Å². The molecule has 22 heavy (non-hydrogen) atoms. The number of rotatable bonds is 2. The molecule has 1 amide bonds. The van der Waals surface area contributed by atoms with Crippen molar-refractivity contribution in [2.75, 3.05) is 5.32 Å². The maximum atomic E-state index is 11.7. The number of carbonyl (C=O) groups is 1. The number of anilines is 1. The Kier molecular flexibility index (Phi) is 15.7. The Balaban J connectivity index is 0. The first-order chi connectivity index (χ1) is 10.7. The third-order valence-electron chi connectivity index (χ3n) is 1.88. The fourth-order valence-corrected chi connectivity index (χ4v) is 1.78. The SMILES string of the molecule is C=CC.CC.CC.Cc1nc(C(=O)Nc2ccccc2)cs1. The summed E-state index contributed by atoms with van der Waals surface area (Å²) in [7, 11) is 0. The largest absolute Gasteiger partial charge is 0.321 e. The van der Waals surface area contributed by atoms with Crippen molar-refractivity contribution in [1.29, 1.82) is 0 Å². The van der Waals surface area contributed by atoms with Crippen LogP contribution in [0.15, 0.2) is 48.4 Å². The summed E-state index contributed by atoms with van der Waals surface area (Å²) in [5.74, 6) is -0.162. The molecule has 0 saturated carbocycles. The molecule has 0 aliphatic carbocycles. The van der Waals surface area contributed by atoms with Crippen molar-refractivity contribution in [2.24, 2.45) is 0 Å². The minimum atomic E-state index is -0.162. The average Bonchev–Trinajstić information content (AvgIpc) is 3.00. The van der Waals surface area contributed by atoms with Crippen LogP contribution in [-0.2, 0) is 0 Å². The number of carbonyl (C=O) groups excluding carboxylic acids is 1. The van der Waals surface area contributed by atoms with Gasteiger partial charge in [-0.05, 0) is 26.0 Å². The number of hydrogen-bond donors (Lipinski definition) is 1. The van der Waals surface area contributed by atoms with E-state index in [1.54, 1.807) is 11.5 Å². The second-order valence-corrected chi connectivity index (χ2v) is 4.54. The first-order valence-corrected chi connectivity index (χ1v) is 8.41. The Labute approximate surface area is 139 Å². The highest BCUT2D eigenvalue weighted by molar-refractivity contribution is 7.09. The van der Waals surface area contributed by atoms with E-state index in [1.165, 1.54) is 11.3 Å². The van der Waals surface area contributed by atoms with Gasteiger partial charge in [-0.3, -0.25) is 4.79 Å². The molecule has 1 aromatic carbocycles. The van der Waals surface area contributed by atoms with Crippen LogP contribution < -0.4 is 5.32 Å². The quantitative estimate of drug-likeness (QED) is 0.695. The second kappa shape index (κ2) is 15.4. The van der Waals surface area contributed by atoms with Crippen molar-refractivity contribution >= 4 is 22.9 Å². The zero-order chi connectivity index (χ0) is 17.4. The standard InChI is InChI=1S/C11H10N2OS.C3H6.2C2H6/c1-8-12-10(7-15-8)11(14)13-9-5-3-2-4-6-9;1-3-2;2*1-2/h2-7H,1H3,(H,13,14);3H,1H2,2H3;2*1-2H3. The van der Waals surface area contributed by atoms with Crippen LogP contribution in [0.5, 0.6) is 0 Å². The Morgan fingerprint density at radius 2 is 1.68 bits per heavy atom. The highest BCUT2D eigenvalue weighted by Crippen LogP contribution is 2.11. The van der Waals surface area contributed by atoms with Gasteiger partial charge in [0.1, 0.15) is 5.69 Å². The minimum absolute atomic E-state index is 0.162. The van der Waals surface area contributed by atoms with Crippen molar-refractivity contribution in [2.45, 2.75) is 41.5 Å². The van der Waals surface area contributed by atoms with Crippen molar-refractivity contribution in [3.63, 3.8) is 0 Å². The van der Waals surface area contributed by atoms with E-state index >= 15 is 0 Å². The fourth-order valence-electron chi connectivity index (χ4n) is 1.18. The van der Waals surface area contributed by atoms with E-state index in [0.29, 0.717) is 5.69 Å². The molecule has 122 valence electrons. The highest BCUT2D eigenvalue weighted by Gasteiger charge is 2.08. The molecule has 0 bridgehead atoms. The van der Waals surface area contributed by atoms with Crippen molar-refractivity contribution in [1.82, 2.24) is 4.98 Å². The van der Waals surface area contributed by atoms with Gasteiger partial charge in [-0.1, -0.05) is 52.0 Å². The first kappa shape index (κ1) is 22.3. The molecule has 4 heteroatoms. The maximum absolute atomic E-state index is 11.7. The van der Waals surface area contributed by atoms with Crippen molar-refractivity contribution in [3.8, 4) is 0 Å². The summed E-state index contributed by atoms with van der Waals surface area (Å²) < 4.78 is 0. The molecule has 1 heterocycles. The predicted octanol–water partition coefficient (Wildman–Crippen LogP) is 5.95. The van der Waals surface area contributed by atoms with Crippen LogP contribution in [0, 0.1) is 6.92 Å². The number of nitrogens with one attached hydrogen (secondary N) is 1. The molecule has 1 N–H and O–H groups in total. The lowest BCUT2D eigenvalue weighted by atomic mass is 10.3. The van der Waals surface area contributed by atoms with Gasteiger partial charge in [0, 0.05) is 11.1 Å². The van der Waals surface area contributed by atoms with Gasteiger partial charge in [-0.25, -0.2) is 4.98 Å². The maximum Gasteiger partial charge on any atom is 0.275 e. The van der Waals surface area contributed by atoms with Crippen LogP contribution >= 0.6 is 11.3 Å². The first-order valence-electron chi connectivity index (χ1n) is 7.53. The predicted molar refractivity (Wildman–Crippen MR) is 99.8 cm³/mol. The summed E-state index contributed by atoms with van der Waals surface area (Å²) in [5.41, 5.74) is 1.26. The molecule has 2 aromatic rings. The van der Waals surface area contributed by atoms with Gasteiger partial charge in [0.2, 0.25) is 0 Å². The van der Waals surface area contributed by atoms with Gasteiger partial charge in [0.05, 0.1) is 5.01 Å². The van der Waals surface area contributed by atoms with Crippen LogP contribution in [0.25, 0.3) is 0 Å². The molecule has 0 fully saturated rings. The van der Waals surface area contributed by atoms with Crippen LogP contribution in [0.4, 0.5) is 5.69 Å². The molecular weight excluding hydrogens is 292 g/mol. The summed E-state index contributed by atoms with van der Waals surface area (Å²) in [6, 6.07) is 9.35. The lowest BCUT2D eigenvalue weighted by Crippen LogP contribution is -2.12. The van der Waals surface area contributed by atoms with Gasteiger partial charge in [0.15, 0.2) is 0 Å². The van der Waals surface area contributed by atoms with Crippen LogP contribution in [0.1, 0.15) is 50.1 Å². The van der Waals surface area contributed by atoms with Gasteiger partial charge >= 0.3 is 0 Å². The Morgan fingerprint density at radius 1 is 1.18 bits per heavy atom. The summed E-state index contributed by atoms with van der Waals surface area (Å²) in [6.07, 6.45) is 1.75. The van der Waals surface area contributed by atoms with E-state index in [9.17, 15) is 4.79 Å². The Morgan fingerprint density at radius 3 is 2.09 bits per heavy atom. The van der Waals surface area contributed by atoms with E-state index in [2.05, 4.69) is 16.9 Å². The number of aromatic nitrogens is 1. The summed E-state index contributed by atoms with van der Waals surface area (Å²) in [4.78, 5) is 15.8. The number of amides is 1. The third-order valence-corrected chi connectivity index (χ3v) is 2.66. The van der Waals surface area contributed by atoms with E-state index in [4.69, 9.17) is 0 Å². The van der Waals surface area contributed by atoms with Gasteiger partial charge < -0.3 is 5.32 Å². The van der Waals surface area contributed by atoms with E-state index in [1.807, 2.05) is 71.9 Å². The van der Waals surface area contributed by atoms with Gasteiger partial charge in [-0.15, -0.1) is 17.9 Å². The van der Waals surface area contributed by atoms with Crippen molar-refractivity contribution in [3.05, 3.63) is 59.1 Å². The lowest BCUT2D eigenvalue weighted by Gasteiger charge is -2.01. The van der Waals surface area contributed by atoms with Crippen LogP contribution in [0.3, 0.4) is 0 Å². The normalized spacial score (nSPS) is 7.91. The molecule has 0 saturated heterocycles. The smallest absolute Gasteiger partial charge is 0.275 e. The number of thiazole rings is 1. The zero-order valence-electron chi connectivity index (χ0n) is 14.5. The topological polar surface area (TPSA) is 42.0 Å². The summed E-state index contributed by atoms with van der Waals surface area (Å²) >= 11 is 1.47. The molecule has 0 radical (unpaired) electrons. The Bertz CT molecular complexity index is 507. The number of hydrogen-bond acceptors (Lipinski definition) is 3. The average molecular weight is 321 g/mol. The van der Waals surface area contributed by atoms with Gasteiger partial charge in [-0.2, -0.15) is 0 Å². The van der Waals surface area contributed by atoms with E-state index in [-0.39, 0.29) is 5.91 Å².